The van der Waals surface area contributed by atoms with E-state index in [0.29, 0.717) is 12.6 Å². The second-order valence-corrected chi connectivity index (χ2v) is 7.24. The molecule has 1 aliphatic heterocycles. The van der Waals surface area contributed by atoms with Crippen molar-refractivity contribution in [2.75, 3.05) is 32.7 Å². The molecular formula is C18H38N4O. The maximum atomic E-state index is 10.4. The Morgan fingerprint density at radius 3 is 2.30 bits per heavy atom. The fourth-order valence-electron chi connectivity index (χ4n) is 2.99. The lowest BCUT2D eigenvalue weighted by molar-refractivity contribution is 0.0417. The lowest BCUT2D eigenvalue weighted by Crippen LogP contribution is -2.49. The molecule has 0 radical (unpaired) electrons. The molecular weight excluding hydrogens is 288 g/mol. The Bertz CT molecular complexity index is 345. The quantitative estimate of drug-likeness (QED) is 0.473. The van der Waals surface area contributed by atoms with Crippen LogP contribution in [-0.4, -0.2) is 60.3 Å². The number of aliphatic hydroxyl groups is 1. The molecule has 0 aromatic carbocycles. The first kappa shape index (κ1) is 20.2. The fraction of sp³-hybridized carbons (Fsp3) is 0.944. The molecule has 1 fully saturated rings. The van der Waals surface area contributed by atoms with Crippen LogP contribution < -0.4 is 10.6 Å². The van der Waals surface area contributed by atoms with E-state index in [1.807, 2.05) is 13.8 Å². The zero-order chi connectivity index (χ0) is 17.3. The van der Waals surface area contributed by atoms with Gasteiger partial charge >= 0.3 is 0 Å². The van der Waals surface area contributed by atoms with E-state index in [4.69, 9.17) is 0 Å². The summed E-state index contributed by atoms with van der Waals surface area (Å²) in [5, 5.41) is 17.3. The summed E-state index contributed by atoms with van der Waals surface area (Å²) in [6, 6.07) is 0.479. The van der Waals surface area contributed by atoms with E-state index in [1.165, 1.54) is 6.54 Å². The molecule has 5 nitrogen and oxygen atoms in total. The molecule has 1 saturated heterocycles. The van der Waals surface area contributed by atoms with Crippen molar-refractivity contribution in [2.45, 2.75) is 71.9 Å². The minimum atomic E-state index is -0.678. The van der Waals surface area contributed by atoms with Gasteiger partial charge in [0.25, 0.3) is 0 Å². The highest BCUT2D eigenvalue weighted by Gasteiger charge is 2.23. The van der Waals surface area contributed by atoms with Gasteiger partial charge in [-0.1, -0.05) is 27.7 Å². The van der Waals surface area contributed by atoms with Crippen LogP contribution in [0.3, 0.4) is 0 Å². The molecule has 0 spiro atoms. The Labute approximate surface area is 142 Å². The Morgan fingerprint density at radius 2 is 1.83 bits per heavy atom. The molecule has 1 heterocycles. The maximum Gasteiger partial charge on any atom is 0.191 e. The van der Waals surface area contributed by atoms with Gasteiger partial charge in [0.1, 0.15) is 0 Å². The monoisotopic (exact) mass is 326 g/mol. The van der Waals surface area contributed by atoms with Crippen LogP contribution in [0.25, 0.3) is 0 Å². The third-order valence-corrected chi connectivity index (χ3v) is 4.74. The van der Waals surface area contributed by atoms with E-state index in [0.717, 1.165) is 57.2 Å². The molecule has 0 bridgehead atoms. The molecule has 1 aliphatic rings. The third-order valence-electron chi connectivity index (χ3n) is 4.74. The van der Waals surface area contributed by atoms with Crippen molar-refractivity contribution in [3.05, 3.63) is 0 Å². The van der Waals surface area contributed by atoms with E-state index in [-0.39, 0.29) is 0 Å². The standard InChI is InChI=1S/C18H38N4O/c1-6-18(23,7-2)14-20-17(19-8-3)21-16-9-11-22(12-10-16)13-15(4)5/h15-16,23H,6-14H2,1-5H3,(H2,19,20,21). The number of hydrogen-bond donors (Lipinski definition) is 3. The summed E-state index contributed by atoms with van der Waals surface area (Å²) in [6.07, 6.45) is 3.78. The SMILES string of the molecule is CCNC(=NCC(O)(CC)CC)NC1CCN(CC(C)C)CC1. The van der Waals surface area contributed by atoms with Gasteiger partial charge in [0, 0.05) is 32.2 Å². The van der Waals surface area contributed by atoms with Crippen LogP contribution in [0.5, 0.6) is 0 Å². The van der Waals surface area contributed by atoms with Crippen molar-refractivity contribution in [3.63, 3.8) is 0 Å². The number of aliphatic imine (C=N–C) groups is 1. The number of nitrogens with one attached hydrogen (secondary N) is 2. The van der Waals surface area contributed by atoms with Gasteiger partial charge in [-0.3, -0.25) is 4.99 Å². The Morgan fingerprint density at radius 1 is 1.22 bits per heavy atom. The number of rotatable bonds is 8. The van der Waals surface area contributed by atoms with Crippen LogP contribution in [-0.2, 0) is 0 Å². The van der Waals surface area contributed by atoms with Crippen molar-refractivity contribution in [1.29, 1.82) is 0 Å². The van der Waals surface area contributed by atoms with Gasteiger partial charge in [-0.2, -0.15) is 0 Å². The van der Waals surface area contributed by atoms with Crippen LogP contribution in [0.1, 0.15) is 60.3 Å². The second kappa shape index (κ2) is 10.1. The minimum Gasteiger partial charge on any atom is -0.388 e. The molecule has 1 rings (SSSR count). The highest BCUT2D eigenvalue weighted by Crippen LogP contribution is 2.15. The van der Waals surface area contributed by atoms with Gasteiger partial charge in [-0.05, 0) is 38.5 Å². The molecule has 0 aromatic heterocycles. The summed E-state index contributed by atoms with van der Waals surface area (Å²) in [6.45, 7) is 15.5. The van der Waals surface area contributed by atoms with Crippen molar-refractivity contribution in [2.24, 2.45) is 10.9 Å². The van der Waals surface area contributed by atoms with Gasteiger partial charge in [-0.25, -0.2) is 0 Å². The van der Waals surface area contributed by atoms with Crippen LogP contribution in [0.4, 0.5) is 0 Å². The summed E-state index contributed by atoms with van der Waals surface area (Å²) in [5.74, 6) is 1.58. The molecule has 23 heavy (non-hydrogen) atoms. The van der Waals surface area contributed by atoms with E-state index >= 15 is 0 Å². The van der Waals surface area contributed by atoms with Gasteiger partial charge in [0.15, 0.2) is 5.96 Å². The number of likely N-dealkylation sites (tertiary alicyclic amines) is 1. The van der Waals surface area contributed by atoms with Crippen molar-refractivity contribution >= 4 is 5.96 Å². The molecule has 5 heteroatoms. The summed E-state index contributed by atoms with van der Waals surface area (Å²) in [5.41, 5.74) is -0.678. The Kier molecular flexibility index (Phi) is 8.92. The van der Waals surface area contributed by atoms with E-state index in [1.54, 1.807) is 0 Å². The average molecular weight is 327 g/mol. The fourth-order valence-corrected chi connectivity index (χ4v) is 2.99. The first-order valence-corrected chi connectivity index (χ1v) is 9.42. The third kappa shape index (κ3) is 7.53. The predicted molar refractivity (Wildman–Crippen MR) is 98.9 cm³/mol. The average Bonchev–Trinajstić information content (AvgIpc) is 2.54. The van der Waals surface area contributed by atoms with Crippen LogP contribution in [0.15, 0.2) is 4.99 Å². The zero-order valence-corrected chi connectivity index (χ0v) is 15.9. The van der Waals surface area contributed by atoms with E-state index in [9.17, 15) is 5.11 Å². The first-order chi connectivity index (χ1) is 10.9. The van der Waals surface area contributed by atoms with Gasteiger partial charge in [0.2, 0.25) is 0 Å². The molecule has 0 saturated carbocycles. The van der Waals surface area contributed by atoms with Gasteiger partial charge in [-0.15, -0.1) is 0 Å². The smallest absolute Gasteiger partial charge is 0.191 e. The second-order valence-electron chi connectivity index (χ2n) is 7.24. The number of nitrogens with zero attached hydrogens (tertiary/aromatic N) is 2. The zero-order valence-electron chi connectivity index (χ0n) is 15.9. The minimum absolute atomic E-state index is 0.460. The highest BCUT2D eigenvalue weighted by atomic mass is 16.3. The Hall–Kier alpha value is -0.810. The lowest BCUT2D eigenvalue weighted by atomic mass is 9.98. The van der Waals surface area contributed by atoms with Crippen LogP contribution in [0.2, 0.25) is 0 Å². The van der Waals surface area contributed by atoms with Crippen molar-refractivity contribution in [1.82, 2.24) is 15.5 Å². The summed E-state index contributed by atoms with van der Waals surface area (Å²) in [7, 11) is 0. The molecule has 0 aliphatic carbocycles. The number of piperidine rings is 1. The molecule has 136 valence electrons. The molecule has 3 N–H and O–H groups in total. The van der Waals surface area contributed by atoms with E-state index in [2.05, 4.69) is 41.3 Å². The van der Waals surface area contributed by atoms with Crippen molar-refractivity contribution in [3.8, 4) is 0 Å². The first-order valence-electron chi connectivity index (χ1n) is 9.42. The summed E-state index contributed by atoms with van der Waals surface area (Å²) >= 11 is 0. The van der Waals surface area contributed by atoms with Gasteiger partial charge < -0.3 is 20.6 Å². The number of hydrogen-bond acceptors (Lipinski definition) is 3. The van der Waals surface area contributed by atoms with Gasteiger partial charge in [0.05, 0.1) is 12.1 Å². The lowest BCUT2D eigenvalue weighted by Gasteiger charge is -2.34. The normalized spacial score (nSPS) is 18.5. The van der Waals surface area contributed by atoms with Crippen molar-refractivity contribution < 1.29 is 5.11 Å². The molecule has 0 amide bonds. The molecule has 0 aromatic rings. The maximum absolute atomic E-state index is 10.4. The van der Waals surface area contributed by atoms with Crippen LogP contribution in [0, 0.1) is 5.92 Å². The molecule has 0 atom stereocenters. The summed E-state index contributed by atoms with van der Waals surface area (Å²) < 4.78 is 0. The highest BCUT2D eigenvalue weighted by molar-refractivity contribution is 5.80. The number of guanidine groups is 1. The van der Waals surface area contributed by atoms with Crippen LogP contribution >= 0.6 is 0 Å². The Balaban J connectivity index is 2.50. The largest absolute Gasteiger partial charge is 0.388 e. The summed E-state index contributed by atoms with van der Waals surface area (Å²) in [4.78, 5) is 7.17. The topological polar surface area (TPSA) is 59.9 Å². The predicted octanol–water partition coefficient (Wildman–Crippen LogP) is 2.21. The van der Waals surface area contributed by atoms with E-state index < -0.39 is 5.60 Å². The molecule has 0 unspecified atom stereocenters.